The van der Waals surface area contributed by atoms with Gasteiger partial charge in [0.05, 0.1) is 5.39 Å². The smallest absolute Gasteiger partial charge is 0.262 e. The van der Waals surface area contributed by atoms with Gasteiger partial charge in [0.25, 0.3) is 5.56 Å². The minimum absolute atomic E-state index is 0.0925. The highest BCUT2D eigenvalue weighted by atomic mass is 16.1. The fourth-order valence-corrected chi connectivity index (χ4v) is 2.25. The number of nitrogens with two attached hydrogens (primary N) is 1. The molecule has 6 heteroatoms. The molecule has 0 unspecified atom stereocenters. The van der Waals surface area contributed by atoms with Crippen molar-refractivity contribution < 1.29 is 4.79 Å². The Morgan fingerprint density at radius 2 is 2.27 bits per heavy atom. The zero-order valence-corrected chi connectivity index (χ0v) is 12.1. The molecule has 0 fully saturated rings. The third-order valence-electron chi connectivity index (χ3n) is 3.22. The molecule has 0 aliphatic heterocycles. The number of nitrogen functional groups attached to an aromatic ring is 1. The standard InChI is InChI=1S/C16H18N4O2/c1-2-5-11(6-3-4-9-21)7-8-12-10-18-14-13(12)15(22)20-16(17)19-14/h2-3,5-6,9-10H,1,4,7-8H2,(H4,17,18,19,20,22)/b6-3-,11-5+. The number of carbonyl (C=O) groups excluding carboxylic acids is 1. The van der Waals surface area contributed by atoms with Gasteiger partial charge in [0.2, 0.25) is 5.95 Å². The molecule has 2 aromatic heterocycles. The summed E-state index contributed by atoms with van der Waals surface area (Å²) in [6.07, 6.45) is 11.7. The zero-order valence-electron chi connectivity index (χ0n) is 12.1. The fourth-order valence-electron chi connectivity index (χ4n) is 2.25. The van der Waals surface area contributed by atoms with Crippen LogP contribution in [-0.2, 0) is 11.2 Å². The van der Waals surface area contributed by atoms with Crippen molar-refractivity contribution in [3.05, 3.63) is 58.6 Å². The van der Waals surface area contributed by atoms with Crippen LogP contribution in [0.25, 0.3) is 11.0 Å². The van der Waals surface area contributed by atoms with Gasteiger partial charge in [0, 0.05) is 12.6 Å². The lowest BCUT2D eigenvalue weighted by Gasteiger charge is -2.01. The number of aromatic nitrogens is 3. The molecule has 0 saturated heterocycles. The molecule has 0 spiro atoms. The number of allylic oxidation sites excluding steroid dienone is 5. The number of hydrogen-bond acceptors (Lipinski definition) is 4. The van der Waals surface area contributed by atoms with Crippen molar-refractivity contribution in [2.24, 2.45) is 0 Å². The Balaban J connectivity index is 2.20. The normalized spacial score (nSPS) is 12.1. The highest BCUT2D eigenvalue weighted by Gasteiger charge is 2.10. The van der Waals surface area contributed by atoms with Gasteiger partial charge in [0.1, 0.15) is 11.9 Å². The van der Waals surface area contributed by atoms with E-state index in [9.17, 15) is 9.59 Å². The van der Waals surface area contributed by atoms with Crippen LogP contribution >= 0.6 is 0 Å². The Labute approximate surface area is 127 Å². The number of nitrogens with zero attached hydrogens (tertiary/aromatic N) is 1. The molecule has 0 aromatic carbocycles. The monoisotopic (exact) mass is 298 g/mol. The predicted molar refractivity (Wildman–Crippen MR) is 87.5 cm³/mol. The molecule has 0 radical (unpaired) electrons. The molecular formula is C16H18N4O2. The van der Waals surface area contributed by atoms with Crippen LogP contribution in [0.15, 0.2) is 47.4 Å². The maximum Gasteiger partial charge on any atom is 0.262 e. The van der Waals surface area contributed by atoms with Crippen LogP contribution in [0.5, 0.6) is 0 Å². The number of hydrogen-bond donors (Lipinski definition) is 3. The van der Waals surface area contributed by atoms with Crippen molar-refractivity contribution >= 4 is 23.3 Å². The lowest BCUT2D eigenvalue weighted by atomic mass is 10.0. The number of nitrogens with one attached hydrogen (secondary N) is 2. The summed E-state index contributed by atoms with van der Waals surface area (Å²) in [6.45, 7) is 3.68. The van der Waals surface area contributed by atoms with Crippen molar-refractivity contribution in [3.8, 4) is 0 Å². The van der Waals surface area contributed by atoms with Crippen LogP contribution in [0.4, 0.5) is 5.95 Å². The minimum atomic E-state index is -0.246. The first-order chi connectivity index (χ1) is 10.7. The van der Waals surface area contributed by atoms with Crippen LogP contribution < -0.4 is 11.3 Å². The van der Waals surface area contributed by atoms with Crippen LogP contribution in [0.2, 0.25) is 0 Å². The Kier molecular flexibility index (Phi) is 5.08. The average molecular weight is 298 g/mol. The summed E-state index contributed by atoms with van der Waals surface area (Å²) in [4.78, 5) is 31.9. The largest absolute Gasteiger partial charge is 0.369 e. The molecule has 0 amide bonds. The van der Waals surface area contributed by atoms with Gasteiger partial charge in [0.15, 0.2) is 0 Å². The first-order valence-electron chi connectivity index (χ1n) is 6.93. The Morgan fingerprint density at radius 3 is 3.00 bits per heavy atom. The SMILES string of the molecule is C=C/C=C(\C=C/CC=O)CCc1c[nH]c2nc(N)[nH]c(=O)c12. The van der Waals surface area contributed by atoms with E-state index in [-0.39, 0.29) is 11.5 Å². The number of H-pyrrole nitrogens is 2. The van der Waals surface area contributed by atoms with E-state index in [4.69, 9.17) is 5.73 Å². The van der Waals surface area contributed by atoms with Crippen molar-refractivity contribution in [2.45, 2.75) is 19.3 Å². The molecular weight excluding hydrogens is 280 g/mol. The predicted octanol–water partition coefficient (Wildman–Crippen LogP) is 2.02. The quantitative estimate of drug-likeness (QED) is 0.537. The van der Waals surface area contributed by atoms with E-state index in [1.807, 2.05) is 12.2 Å². The molecule has 4 N–H and O–H groups in total. The van der Waals surface area contributed by atoms with E-state index in [0.717, 1.165) is 23.8 Å². The number of aryl methyl sites for hydroxylation is 1. The third kappa shape index (κ3) is 3.60. The van der Waals surface area contributed by atoms with Crippen LogP contribution in [-0.4, -0.2) is 21.2 Å². The molecule has 22 heavy (non-hydrogen) atoms. The third-order valence-corrected chi connectivity index (χ3v) is 3.22. The molecule has 2 rings (SSSR count). The molecule has 2 aromatic rings. The lowest BCUT2D eigenvalue weighted by Crippen LogP contribution is -2.11. The molecule has 0 bridgehead atoms. The molecule has 0 aliphatic rings. The van der Waals surface area contributed by atoms with E-state index in [0.29, 0.717) is 23.9 Å². The second kappa shape index (κ2) is 7.21. The van der Waals surface area contributed by atoms with E-state index >= 15 is 0 Å². The summed E-state index contributed by atoms with van der Waals surface area (Å²) in [5.41, 5.74) is 7.67. The van der Waals surface area contributed by atoms with Crippen LogP contribution in [0.1, 0.15) is 18.4 Å². The first kappa shape index (κ1) is 15.5. The second-order valence-electron chi connectivity index (χ2n) is 4.77. The maximum absolute atomic E-state index is 12.0. The lowest BCUT2D eigenvalue weighted by molar-refractivity contribution is -0.107. The van der Waals surface area contributed by atoms with E-state index in [1.165, 1.54) is 0 Å². The van der Waals surface area contributed by atoms with E-state index < -0.39 is 0 Å². The maximum atomic E-state index is 12.0. The molecule has 114 valence electrons. The minimum Gasteiger partial charge on any atom is -0.369 e. The van der Waals surface area contributed by atoms with Crippen molar-refractivity contribution in [1.82, 2.24) is 15.0 Å². The summed E-state index contributed by atoms with van der Waals surface area (Å²) < 4.78 is 0. The summed E-state index contributed by atoms with van der Waals surface area (Å²) in [5.74, 6) is 0.0925. The number of anilines is 1. The molecule has 0 atom stereocenters. The van der Waals surface area contributed by atoms with Gasteiger partial charge in [-0.1, -0.05) is 30.9 Å². The van der Waals surface area contributed by atoms with Gasteiger partial charge < -0.3 is 15.5 Å². The molecule has 0 aliphatic carbocycles. The van der Waals surface area contributed by atoms with Crippen molar-refractivity contribution in [3.63, 3.8) is 0 Å². The van der Waals surface area contributed by atoms with Crippen LogP contribution in [0, 0.1) is 0 Å². The molecule has 6 nitrogen and oxygen atoms in total. The number of aldehydes is 1. The van der Waals surface area contributed by atoms with Crippen LogP contribution in [0.3, 0.4) is 0 Å². The molecule has 2 heterocycles. The van der Waals surface area contributed by atoms with Crippen molar-refractivity contribution in [1.29, 1.82) is 0 Å². The number of aromatic amines is 2. The summed E-state index contributed by atoms with van der Waals surface area (Å²) in [6, 6.07) is 0. The Bertz CT molecular complexity index is 796. The Hall–Kier alpha value is -2.89. The number of carbonyl (C=O) groups is 1. The van der Waals surface area contributed by atoms with E-state index in [1.54, 1.807) is 18.3 Å². The summed E-state index contributed by atoms with van der Waals surface area (Å²) in [5, 5.41) is 0.532. The number of rotatable bonds is 7. The molecule has 0 saturated carbocycles. The number of fused-ring (bicyclic) bond motifs is 1. The van der Waals surface area contributed by atoms with Crippen molar-refractivity contribution in [2.75, 3.05) is 5.73 Å². The highest BCUT2D eigenvalue weighted by molar-refractivity contribution is 5.79. The fraction of sp³-hybridized carbons (Fsp3) is 0.188. The average Bonchev–Trinajstić information content (AvgIpc) is 2.88. The van der Waals surface area contributed by atoms with Gasteiger partial charge >= 0.3 is 0 Å². The van der Waals surface area contributed by atoms with Gasteiger partial charge in [-0.2, -0.15) is 4.98 Å². The van der Waals surface area contributed by atoms with E-state index in [2.05, 4.69) is 21.5 Å². The second-order valence-corrected chi connectivity index (χ2v) is 4.77. The zero-order chi connectivity index (χ0) is 15.9. The topological polar surface area (TPSA) is 105 Å². The van der Waals surface area contributed by atoms with Gasteiger partial charge in [-0.15, -0.1) is 0 Å². The van der Waals surface area contributed by atoms with Gasteiger partial charge in [-0.3, -0.25) is 9.78 Å². The Morgan fingerprint density at radius 1 is 1.45 bits per heavy atom. The van der Waals surface area contributed by atoms with Gasteiger partial charge in [-0.25, -0.2) is 0 Å². The van der Waals surface area contributed by atoms with Gasteiger partial charge in [-0.05, 0) is 24.0 Å². The summed E-state index contributed by atoms with van der Waals surface area (Å²) in [7, 11) is 0. The summed E-state index contributed by atoms with van der Waals surface area (Å²) >= 11 is 0. The first-order valence-corrected chi connectivity index (χ1v) is 6.93. The highest BCUT2D eigenvalue weighted by Crippen LogP contribution is 2.17.